The monoisotopic (exact) mass is 254 g/mol. The minimum atomic E-state index is -0.464. The van der Waals surface area contributed by atoms with Gasteiger partial charge in [0.1, 0.15) is 10.5 Å². The number of ether oxygens (including phenoxy) is 1. The molecule has 1 N–H and O–H groups in total. The second-order valence-electron chi connectivity index (χ2n) is 4.62. The molecule has 0 fully saturated rings. The molecular weight excluding hydrogens is 236 g/mol. The molecule has 1 aromatic rings. The smallest absolute Gasteiger partial charge is 0.348 e. The van der Waals surface area contributed by atoms with E-state index in [2.05, 4.69) is 0 Å². The Hall–Kier alpha value is -1.13. The van der Waals surface area contributed by atoms with Crippen LogP contribution in [0.3, 0.4) is 0 Å². The predicted octanol–water partition coefficient (Wildman–Crippen LogP) is 3.10. The summed E-state index contributed by atoms with van der Waals surface area (Å²) < 4.78 is 5.27. The summed E-state index contributed by atoms with van der Waals surface area (Å²) in [6.07, 6.45) is 4.40. The number of rotatable bonds is 4. The molecular formula is C13H18O3S. The Bertz CT molecular complexity index is 399. The fourth-order valence-electron chi connectivity index (χ4n) is 1.15. The Kier molecular flexibility index (Phi) is 4.90. The fraction of sp³-hybridized carbons (Fsp3) is 0.462. The van der Waals surface area contributed by atoms with Crippen molar-refractivity contribution in [2.45, 2.75) is 32.8 Å². The Morgan fingerprint density at radius 1 is 1.47 bits per heavy atom. The highest BCUT2D eigenvalue weighted by atomic mass is 32.1. The van der Waals surface area contributed by atoms with E-state index in [1.807, 2.05) is 39.0 Å². The van der Waals surface area contributed by atoms with Crippen LogP contribution in [0.15, 0.2) is 18.2 Å². The third kappa shape index (κ3) is 5.15. The summed E-state index contributed by atoms with van der Waals surface area (Å²) in [4.78, 5) is 13.3. The zero-order valence-electron chi connectivity index (χ0n) is 10.4. The number of carbonyl (C=O) groups is 1. The van der Waals surface area contributed by atoms with Gasteiger partial charge in [-0.15, -0.1) is 11.3 Å². The number of hydrogen-bond donors (Lipinski definition) is 1. The summed E-state index contributed by atoms with van der Waals surface area (Å²) in [6, 6.07) is 3.63. The fourth-order valence-corrected chi connectivity index (χ4v) is 1.97. The van der Waals surface area contributed by atoms with E-state index >= 15 is 0 Å². The molecule has 0 unspecified atom stereocenters. The molecule has 1 rings (SSSR count). The van der Waals surface area contributed by atoms with E-state index in [1.165, 1.54) is 11.3 Å². The minimum Gasteiger partial charge on any atom is -0.456 e. The lowest BCUT2D eigenvalue weighted by Gasteiger charge is -2.18. The molecule has 0 saturated heterocycles. The van der Waals surface area contributed by atoms with Crippen LogP contribution in [-0.2, 0) is 4.74 Å². The molecule has 1 aromatic heterocycles. The van der Waals surface area contributed by atoms with Crippen LogP contribution in [-0.4, -0.2) is 23.3 Å². The Balaban J connectivity index is 2.65. The van der Waals surface area contributed by atoms with E-state index in [-0.39, 0.29) is 12.6 Å². The second-order valence-corrected chi connectivity index (χ2v) is 5.73. The molecule has 0 bridgehead atoms. The van der Waals surface area contributed by atoms with Gasteiger partial charge in [0.05, 0.1) is 0 Å². The topological polar surface area (TPSA) is 46.5 Å². The van der Waals surface area contributed by atoms with Gasteiger partial charge in [0.25, 0.3) is 0 Å². The lowest BCUT2D eigenvalue weighted by molar-refractivity contribution is 0.00752. The first-order chi connectivity index (χ1) is 7.92. The van der Waals surface area contributed by atoms with Gasteiger partial charge in [0.15, 0.2) is 0 Å². The molecule has 0 spiro atoms. The Labute approximate surface area is 106 Å². The highest BCUT2D eigenvalue weighted by Gasteiger charge is 2.18. The summed E-state index contributed by atoms with van der Waals surface area (Å²) in [5.74, 6) is -0.288. The van der Waals surface area contributed by atoms with Crippen LogP contribution in [0.1, 0.15) is 41.7 Å². The maximum absolute atomic E-state index is 11.7. The minimum absolute atomic E-state index is 0.140. The summed E-state index contributed by atoms with van der Waals surface area (Å²) in [7, 11) is 0. The molecule has 0 aliphatic heterocycles. The molecule has 4 heteroatoms. The van der Waals surface area contributed by atoms with Gasteiger partial charge >= 0.3 is 5.97 Å². The highest BCUT2D eigenvalue weighted by molar-refractivity contribution is 7.14. The van der Waals surface area contributed by atoms with Gasteiger partial charge in [-0.2, -0.15) is 0 Å². The van der Waals surface area contributed by atoms with Crippen molar-refractivity contribution in [2.75, 3.05) is 6.61 Å². The van der Waals surface area contributed by atoms with Gasteiger partial charge in [-0.05, 0) is 45.4 Å². The van der Waals surface area contributed by atoms with Crippen LogP contribution in [0.25, 0.3) is 6.08 Å². The maximum atomic E-state index is 11.7. The first-order valence-electron chi connectivity index (χ1n) is 5.53. The van der Waals surface area contributed by atoms with Crippen LogP contribution < -0.4 is 0 Å². The van der Waals surface area contributed by atoms with Gasteiger partial charge in [-0.25, -0.2) is 4.79 Å². The molecule has 0 aromatic carbocycles. The zero-order chi connectivity index (χ0) is 12.9. The highest BCUT2D eigenvalue weighted by Crippen LogP contribution is 2.21. The third-order valence-electron chi connectivity index (χ3n) is 1.80. The van der Waals surface area contributed by atoms with E-state index in [4.69, 9.17) is 9.84 Å². The lowest BCUT2D eigenvalue weighted by atomic mass is 10.2. The van der Waals surface area contributed by atoms with Crippen molar-refractivity contribution in [2.24, 2.45) is 0 Å². The molecule has 0 saturated carbocycles. The number of thiophene rings is 1. The van der Waals surface area contributed by atoms with Crippen LogP contribution in [0.2, 0.25) is 0 Å². The number of aliphatic hydroxyl groups excluding tert-OH is 1. The van der Waals surface area contributed by atoms with E-state index in [0.717, 1.165) is 4.88 Å². The average molecular weight is 254 g/mol. The van der Waals surface area contributed by atoms with Crippen molar-refractivity contribution >= 4 is 23.4 Å². The standard InChI is InChI=1S/C13H18O3S/c1-13(2,3)16-12(15)11-8-7-10(17-11)6-4-5-9-14/h4,6-8,14H,5,9H2,1-3H3/b6-4+. The van der Waals surface area contributed by atoms with Crippen LogP contribution in [0, 0.1) is 0 Å². The molecule has 1 heterocycles. The number of esters is 1. The lowest BCUT2D eigenvalue weighted by Crippen LogP contribution is -2.23. The summed E-state index contributed by atoms with van der Waals surface area (Å²) >= 11 is 1.39. The SMILES string of the molecule is CC(C)(C)OC(=O)c1ccc(/C=C/CCO)s1. The van der Waals surface area contributed by atoms with Crippen LogP contribution in [0.5, 0.6) is 0 Å². The largest absolute Gasteiger partial charge is 0.456 e. The van der Waals surface area contributed by atoms with E-state index in [9.17, 15) is 4.79 Å². The van der Waals surface area contributed by atoms with Crippen molar-refractivity contribution in [3.05, 3.63) is 28.0 Å². The molecule has 0 aliphatic carbocycles. The average Bonchev–Trinajstić information content (AvgIpc) is 2.64. The molecule has 17 heavy (non-hydrogen) atoms. The van der Waals surface area contributed by atoms with Gasteiger partial charge in [0, 0.05) is 11.5 Å². The van der Waals surface area contributed by atoms with Crippen molar-refractivity contribution in [3.8, 4) is 0 Å². The van der Waals surface area contributed by atoms with Gasteiger partial charge in [-0.1, -0.05) is 6.08 Å². The summed E-state index contributed by atoms with van der Waals surface area (Å²) in [5, 5.41) is 8.64. The molecule has 3 nitrogen and oxygen atoms in total. The predicted molar refractivity (Wildman–Crippen MR) is 70.2 cm³/mol. The maximum Gasteiger partial charge on any atom is 0.348 e. The number of carbonyl (C=O) groups excluding carboxylic acids is 1. The number of hydrogen-bond acceptors (Lipinski definition) is 4. The molecule has 0 amide bonds. The van der Waals surface area contributed by atoms with Crippen LogP contribution >= 0.6 is 11.3 Å². The van der Waals surface area contributed by atoms with Gasteiger partial charge < -0.3 is 9.84 Å². The summed E-state index contributed by atoms with van der Waals surface area (Å²) in [5.41, 5.74) is -0.464. The van der Waals surface area contributed by atoms with Gasteiger partial charge in [-0.3, -0.25) is 0 Å². The molecule has 0 atom stereocenters. The zero-order valence-corrected chi connectivity index (χ0v) is 11.2. The van der Waals surface area contributed by atoms with Crippen molar-refractivity contribution in [1.29, 1.82) is 0 Å². The second kappa shape index (κ2) is 5.98. The third-order valence-corrected chi connectivity index (χ3v) is 2.84. The van der Waals surface area contributed by atoms with Crippen molar-refractivity contribution < 1.29 is 14.6 Å². The van der Waals surface area contributed by atoms with Gasteiger partial charge in [0.2, 0.25) is 0 Å². The van der Waals surface area contributed by atoms with E-state index in [1.54, 1.807) is 6.07 Å². The van der Waals surface area contributed by atoms with E-state index in [0.29, 0.717) is 11.3 Å². The Morgan fingerprint density at radius 3 is 2.76 bits per heavy atom. The molecule has 0 radical (unpaired) electrons. The number of aliphatic hydroxyl groups is 1. The van der Waals surface area contributed by atoms with Crippen LogP contribution in [0.4, 0.5) is 0 Å². The normalized spacial score (nSPS) is 12.0. The molecule has 0 aliphatic rings. The first kappa shape index (κ1) is 13.9. The Morgan fingerprint density at radius 2 is 2.18 bits per heavy atom. The van der Waals surface area contributed by atoms with Crippen molar-refractivity contribution in [1.82, 2.24) is 0 Å². The molecule has 94 valence electrons. The van der Waals surface area contributed by atoms with Crippen molar-refractivity contribution in [3.63, 3.8) is 0 Å². The van der Waals surface area contributed by atoms with E-state index < -0.39 is 5.60 Å². The quantitative estimate of drug-likeness (QED) is 0.840. The first-order valence-corrected chi connectivity index (χ1v) is 6.34. The summed E-state index contributed by atoms with van der Waals surface area (Å²) in [6.45, 7) is 5.68.